The van der Waals surface area contributed by atoms with E-state index >= 15 is 0 Å². The van der Waals surface area contributed by atoms with E-state index in [9.17, 15) is 19.5 Å². The zero-order valence-corrected chi connectivity index (χ0v) is 24.4. The molecule has 0 fully saturated rings. The van der Waals surface area contributed by atoms with Gasteiger partial charge in [0.25, 0.3) is 0 Å². The molecular weight excluding hydrogens is 607 g/mol. The zero-order valence-electron chi connectivity index (χ0n) is 22.3. The molecule has 11 heteroatoms. The minimum atomic E-state index is -1.15. The van der Waals surface area contributed by atoms with Crippen LogP contribution in [-0.2, 0) is 14.3 Å². The van der Waals surface area contributed by atoms with Crippen LogP contribution in [0.1, 0.15) is 56.3 Å². The Kier molecular flexibility index (Phi) is 14.0. The fourth-order valence-corrected chi connectivity index (χ4v) is 5.02. The molecule has 0 radical (unpaired) electrons. The fourth-order valence-electron chi connectivity index (χ4n) is 4.27. The highest BCUT2D eigenvalue weighted by atomic mass is 127. The Morgan fingerprint density at radius 1 is 1.26 bits per heavy atom. The summed E-state index contributed by atoms with van der Waals surface area (Å²) in [5.74, 6) is 0.110. The summed E-state index contributed by atoms with van der Waals surface area (Å²) >= 11 is 2.02. The van der Waals surface area contributed by atoms with Crippen molar-refractivity contribution in [2.75, 3.05) is 40.0 Å². The first-order valence-electron chi connectivity index (χ1n) is 13.0. The number of nitrogens with one attached hydrogen (secondary N) is 1. The monoisotopic (exact) mass is 646 g/mol. The van der Waals surface area contributed by atoms with Crippen LogP contribution in [0, 0.1) is 3.57 Å². The number of halogens is 1. The van der Waals surface area contributed by atoms with Gasteiger partial charge in [-0.05, 0) is 60.6 Å². The van der Waals surface area contributed by atoms with Crippen LogP contribution in [0.25, 0.3) is 0 Å². The molecule has 0 aromatic heterocycles. The molecule has 3 atom stereocenters. The first-order valence-corrected chi connectivity index (χ1v) is 14.0. The van der Waals surface area contributed by atoms with E-state index in [1.165, 1.54) is 13.2 Å². The summed E-state index contributed by atoms with van der Waals surface area (Å²) in [6.45, 7) is 5.14. The van der Waals surface area contributed by atoms with Crippen molar-refractivity contribution < 1.29 is 38.8 Å². The van der Waals surface area contributed by atoms with Crippen LogP contribution in [0.4, 0.5) is 0 Å². The number of rotatable bonds is 16. The highest BCUT2D eigenvalue weighted by Crippen LogP contribution is 2.37. The second-order valence-corrected chi connectivity index (χ2v) is 10.1. The number of hydrogen-bond donors (Lipinski definition) is 3. The van der Waals surface area contributed by atoms with Gasteiger partial charge in [0, 0.05) is 50.3 Å². The molecule has 1 aliphatic carbocycles. The summed E-state index contributed by atoms with van der Waals surface area (Å²) < 4.78 is 17.7. The van der Waals surface area contributed by atoms with Gasteiger partial charge in [-0.15, -0.1) is 0 Å². The number of carbonyl (C=O) groups is 3. The average molecular weight is 647 g/mol. The number of aldehydes is 1. The van der Waals surface area contributed by atoms with Crippen molar-refractivity contribution >= 4 is 40.7 Å². The van der Waals surface area contributed by atoms with Gasteiger partial charge in [-0.2, -0.15) is 0 Å². The lowest BCUT2D eigenvalue weighted by atomic mass is 9.87. The van der Waals surface area contributed by atoms with E-state index in [1.807, 2.05) is 36.4 Å². The Balaban J connectivity index is 2.46. The Morgan fingerprint density at radius 2 is 2.03 bits per heavy atom. The van der Waals surface area contributed by atoms with Crippen molar-refractivity contribution in [2.45, 2.75) is 64.2 Å². The number of carbonyl (C=O) groups excluding carboxylic acids is 3. The average Bonchev–Trinajstić information content (AvgIpc) is 2.92. The fraction of sp³-hybridized carbons (Fsp3) is 0.593. The molecule has 0 heterocycles. The quantitative estimate of drug-likeness (QED) is 0.142. The van der Waals surface area contributed by atoms with Gasteiger partial charge < -0.3 is 34.6 Å². The zero-order chi connectivity index (χ0) is 28.1. The molecule has 38 heavy (non-hydrogen) atoms. The topological polar surface area (TPSA) is 135 Å². The predicted molar refractivity (Wildman–Crippen MR) is 150 cm³/mol. The molecule has 0 bridgehead atoms. The predicted octanol–water partition coefficient (Wildman–Crippen LogP) is 2.47. The number of aliphatic hydroxyl groups excluding tert-OH is 2. The van der Waals surface area contributed by atoms with Crippen molar-refractivity contribution in [1.29, 1.82) is 0 Å². The largest absolute Gasteiger partial charge is 0.493 e. The van der Waals surface area contributed by atoms with Gasteiger partial charge in [-0.1, -0.05) is 13.3 Å². The van der Waals surface area contributed by atoms with Crippen LogP contribution in [-0.4, -0.2) is 91.5 Å². The van der Waals surface area contributed by atoms with Gasteiger partial charge in [0.2, 0.25) is 11.8 Å². The normalized spacial score (nSPS) is 18.9. The van der Waals surface area contributed by atoms with E-state index < -0.39 is 24.2 Å². The van der Waals surface area contributed by atoms with Crippen molar-refractivity contribution in [3.05, 3.63) is 32.9 Å². The van der Waals surface area contributed by atoms with Crippen molar-refractivity contribution in [2.24, 2.45) is 0 Å². The van der Waals surface area contributed by atoms with Crippen LogP contribution >= 0.6 is 22.6 Å². The van der Waals surface area contributed by atoms with Crippen LogP contribution in [0.2, 0.25) is 0 Å². The van der Waals surface area contributed by atoms with Gasteiger partial charge in [0.15, 0.2) is 11.5 Å². The van der Waals surface area contributed by atoms with E-state index in [0.29, 0.717) is 71.5 Å². The Morgan fingerprint density at radius 3 is 2.66 bits per heavy atom. The summed E-state index contributed by atoms with van der Waals surface area (Å²) in [6.07, 6.45) is 2.71. The lowest BCUT2D eigenvalue weighted by molar-refractivity contribution is -0.139. The SMILES string of the molecule is CCCCC(=O)N(CCCOCC)C1CC(C(=O)NCCO)=CC(Oc2c(I)cc(C=O)cc2OC)C1O. The Bertz CT molecular complexity index is 971. The highest BCUT2D eigenvalue weighted by Gasteiger charge is 2.40. The van der Waals surface area contributed by atoms with E-state index in [4.69, 9.17) is 19.3 Å². The van der Waals surface area contributed by atoms with Gasteiger partial charge in [-0.3, -0.25) is 14.4 Å². The summed E-state index contributed by atoms with van der Waals surface area (Å²) in [4.78, 5) is 39.2. The van der Waals surface area contributed by atoms with Gasteiger partial charge in [0.05, 0.1) is 23.3 Å². The molecule has 0 saturated carbocycles. The molecule has 0 aliphatic heterocycles. The molecule has 10 nitrogen and oxygen atoms in total. The number of amides is 2. The van der Waals surface area contributed by atoms with Gasteiger partial charge >= 0.3 is 0 Å². The summed E-state index contributed by atoms with van der Waals surface area (Å²) in [5, 5.41) is 23.3. The number of aliphatic hydroxyl groups is 2. The number of nitrogens with zero attached hydrogens (tertiary/aromatic N) is 1. The molecule has 0 spiro atoms. The maximum atomic E-state index is 13.3. The number of hydrogen-bond acceptors (Lipinski definition) is 8. The number of unbranched alkanes of at least 4 members (excludes halogenated alkanes) is 1. The first-order chi connectivity index (χ1) is 18.3. The second kappa shape index (κ2) is 16.7. The third-order valence-electron chi connectivity index (χ3n) is 6.21. The lowest BCUT2D eigenvalue weighted by Gasteiger charge is -2.40. The molecule has 0 saturated heterocycles. The van der Waals surface area contributed by atoms with Gasteiger partial charge in [-0.25, -0.2) is 0 Å². The lowest BCUT2D eigenvalue weighted by Crippen LogP contribution is -2.55. The number of methoxy groups -OCH3 is 1. The molecule has 1 aromatic rings. The highest BCUT2D eigenvalue weighted by molar-refractivity contribution is 14.1. The molecule has 212 valence electrons. The summed E-state index contributed by atoms with van der Waals surface area (Å²) in [5.41, 5.74) is 0.748. The Hall–Kier alpha value is -2.22. The molecule has 2 rings (SSSR count). The van der Waals surface area contributed by atoms with Crippen molar-refractivity contribution in [3.8, 4) is 11.5 Å². The van der Waals surface area contributed by atoms with E-state index in [2.05, 4.69) is 5.32 Å². The van der Waals surface area contributed by atoms with Crippen LogP contribution in [0.3, 0.4) is 0 Å². The van der Waals surface area contributed by atoms with Gasteiger partial charge in [0.1, 0.15) is 18.5 Å². The minimum absolute atomic E-state index is 0.0707. The smallest absolute Gasteiger partial charge is 0.247 e. The van der Waals surface area contributed by atoms with Crippen LogP contribution in [0.5, 0.6) is 11.5 Å². The second-order valence-electron chi connectivity index (χ2n) is 8.91. The summed E-state index contributed by atoms with van der Waals surface area (Å²) in [6, 6.07) is 2.44. The number of ether oxygens (including phenoxy) is 3. The first kappa shape index (κ1) is 32.0. The molecule has 1 aromatic carbocycles. The van der Waals surface area contributed by atoms with Crippen LogP contribution < -0.4 is 14.8 Å². The van der Waals surface area contributed by atoms with E-state index in [-0.39, 0.29) is 25.5 Å². The molecule has 1 aliphatic rings. The third-order valence-corrected chi connectivity index (χ3v) is 7.01. The van der Waals surface area contributed by atoms with Crippen molar-refractivity contribution in [3.63, 3.8) is 0 Å². The molecule has 2 amide bonds. The number of benzene rings is 1. The standard InChI is InChI=1S/C27H39IN2O8/c1-4-6-8-24(33)30(10-7-12-37-5-2)21-15-19(27(35)29-9-11-31)16-22(25(21)34)38-26-20(28)13-18(17-32)14-23(26)36-3/h13-14,16-17,21-22,25,31,34H,4-12,15H2,1-3H3,(H,29,35). The van der Waals surface area contributed by atoms with Crippen LogP contribution in [0.15, 0.2) is 23.8 Å². The molecular formula is C27H39IN2O8. The maximum absolute atomic E-state index is 13.3. The maximum Gasteiger partial charge on any atom is 0.247 e. The third kappa shape index (κ3) is 8.92. The van der Waals surface area contributed by atoms with E-state index in [1.54, 1.807) is 17.0 Å². The summed E-state index contributed by atoms with van der Waals surface area (Å²) in [7, 11) is 1.45. The molecule has 3 unspecified atom stereocenters. The van der Waals surface area contributed by atoms with E-state index in [0.717, 1.165) is 6.42 Å². The minimum Gasteiger partial charge on any atom is -0.493 e. The van der Waals surface area contributed by atoms with Crippen molar-refractivity contribution in [1.82, 2.24) is 10.2 Å². The molecule has 3 N–H and O–H groups in total. The Labute approximate surface area is 237 Å².